The fourth-order valence-electron chi connectivity index (χ4n) is 3.08. The lowest BCUT2D eigenvalue weighted by Crippen LogP contribution is -2.40. The number of amides is 1. The summed E-state index contributed by atoms with van der Waals surface area (Å²) in [5.74, 6) is 0.0860. The molecule has 0 saturated heterocycles. The fraction of sp³-hybridized carbons (Fsp3) is 0.286. The Morgan fingerprint density at radius 3 is 2.38 bits per heavy atom. The van der Waals surface area contributed by atoms with E-state index in [1.165, 1.54) is 11.1 Å². The van der Waals surface area contributed by atoms with Gasteiger partial charge in [0.05, 0.1) is 12.6 Å². The normalized spacial score (nSPS) is 16.3. The Kier molecular flexibility index (Phi) is 5.44. The van der Waals surface area contributed by atoms with Crippen LogP contribution in [0.3, 0.4) is 0 Å². The molecule has 0 unspecified atom stereocenters. The van der Waals surface area contributed by atoms with Crippen LogP contribution in [0.1, 0.15) is 30.5 Å². The van der Waals surface area contributed by atoms with E-state index in [4.69, 9.17) is 0 Å². The Morgan fingerprint density at radius 2 is 1.75 bits per heavy atom. The second kappa shape index (κ2) is 7.93. The van der Waals surface area contributed by atoms with Gasteiger partial charge in [-0.05, 0) is 30.0 Å². The van der Waals surface area contributed by atoms with Crippen molar-refractivity contribution < 1.29 is 4.79 Å². The number of hydrogen-bond acceptors (Lipinski definition) is 2. The molecule has 0 aliphatic carbocycles. The summed E-state index contributed by atoms with van der Waals surface area (Å²) in [6.07, 6.45) is 3.23. The van der Waals surface area contributed by atoms with Crippen molar-refractivity contribution in [3.05, 3.63) is 77.9 Å². The highest BCUT2D eigenvalue weighted by atomic mass is 16.2. The van der Waals surface area contributed by atoms with E-state index in [0.29, 0.717) is 6.54 Å². The third-order valence-corrected chi connectivity index (χ3v) is 4.48. The van der Waals surface area contributed by atoms with Gasteiger partial charge in [0.25, 0.3) is 0 Å². The van der Waals surface area contributed by atoms with Crippen molar-refractivity contribution in [1.82, 2.24) is 10.2 Å². The van der Waals surface area contributed by atoms with E-state index in [1.54, 1.807) is 0 Å². The molecule has 3 heteroatoms. The van der Waals surface area contributed by atoms with Crippen molar-refractivity contribution in [3.8, 4) is 0 Å². The van der Waals surface area contributed by atoms with Gasteiger partial charge in [-0.25, -0.2) is 0 Å². The van der Waals surface area contributed by atoms with Crippen LogP contribution in [0.5, 0.6) is 0 Å². The van der Waals surface area contributed by atoms with Gasteiger partial charge in [-0.2, -0.15) is 0 Å². The van der Waals surface area contributed by atoms with Gasteiger partial charge in [0.2, 0.25) is 5.91 Å². The summed E-state index contributed by atoms with van der Waals surface area (Å²) >= 11 is 0. The monoisotopic (exact) mass is 320 g/mol. The molecule has 1 heterocycles. The van der Waals surface area contributed by atoms with E-state index < -0.39 is 0 Å². The number of hydrogen-bond donors (Lipinski definition) is 1. The van der Waals surface area contributed by atoms with Gasteiger partial charge in [0.15, 0.2) is 0 Å². The molecule has 1 N–H and O–H groups in total. The van der Waals surface area contributed by atoms with E-state index >= 15 is 0 Å². The summed E-state index contributed by atoms with van der Waals surface area (Å²) in [6.45, 7) is 4.23. The van der Waals surface area contributed by atoms with Crippen LogP contribution in [0.4, 0.5) is 0 Å². The van der Waals surface area contributed by atoms with E-state index in [9.17, 15) is 4.79 Å². The molecule has 24 heavy (non-hydrogen) atoms. The molecule has 124 valence electrons. The van der Waals surface area contributed by atoms with Gasteiger partial charge in [-0.1, -0.05) is 66.7 Å². The molecule has 0 spiro atoms. The van der Waals surface area contributed by atoms with E-state index in [0.717, 1.165) is 25.1 Å². The van der Waals surface area contributed by atoms with Gasteiger partial charge in [0, 0.05) is 13.1 Å². The molecular weight excluding hydrogens is 296 g/mol. The maximum atomic E-state index is 12.3. The minimum Gasteiger partial charge on any atom is -0.348 e. The highest BCUT2D eigenvalue weighted by Crippen LogP contribution is 2.21. The van der Waals surface area contributed by atoms with Crippen LogP contribution in [-0.4, -0.2) is 30.4 Å². The SMILES string of the molecule is C[C@@H](NC(=O)CN1CC=C(c2ccccc2)CC1)c1ccccc1. The molecule has 0 bridgehead atoms. The van der Waals surface area contributed by atoms with Crippen molar-refractivity contribution in [1.29, 1.82) is 0 Å². The molecule has 0 radical (unpaired) electrons. The van der Waals surface area contributed by atoms with Gasteiger partial charge in [0.1, 0.15) is 0 Å². The Labute approximate surface area is 144 Å². The molecule has 3 rings (SSSR count). The van der Waals surface area contributed by atoms with Crippen molar-refractivity contribution in [2.24, 2.45) is 0 Å². The number of carbonyl (C=O) groups excluding carboxylic acids is 1. The summed E-state index contributed by atoms with van der Waals surface area (Å²) < 4.78 is 0. The molecule has 1 aliphatic heterocycles. The maximum absolute atomic E-state index is 12.3. The van der Waals surface area contributed by atoms with Crippen LogP contribution in [0, 0.1) is 0 Å². The molecule has 1 aliphatic rings. The molecule has 2 aromatic carbocycles. The van der Waals surface area contributed by atoms with Gasteiger partial charge >= 0.3 is 0 Å². The van der Waals surface area contributed by atoms with Crippen LogP contribution < -0.4 is 5.32 Å². The van der Waals surface area contributed by atoms with Gasteiger partial charge in [-0.3, -0.25) is 9.69 Å². The highest BCUT2D eigenvalue weighted by molar-refractivity contribution is 5.78. The molecule has 0 fully saturated rings. The number of nitrogens with zero attached hydrogens (tertiary/aromatic N) is 1. The van der Waals surface area contributed by atoms with Crippen molar-refractivity contribution in [2.75, 3.05) is 19.6 Å². The van der Waals surface area contributed by atoms with Crippen molar-refractivity contribution >= 4 is 11.5 Å². The Morgan fingerprint density at radius 1 is 1.08 bits per heavy atom. The van der Waals surface area contributed by atoms with E-state index in [1.807, 2.05) is 43.3 Å². The molecule has 3 nitrogen and oxygen atoms in total. The molecule has 1 atom stereocenters. The number of carbonyl (C=O) groups is 1. The predicted molar refractivity (Wildman–Crippen MR) is 98.5 cm³/mol. The first kappa shape index (κ1) is 16.5. The van der Waals surface area contributed by atoms with Crippen molar-refractivity contribution in [2.45, 2.75) is 19.4 Å². The van der Waals surface area contributed by atoms with E-state index in [-0.39, 0.29) is 11.9 Å². The van der Waals surface area contributed by atoms with Gasteiger partial charge < -0.3 is 5.32 Å². The first-order chi connectivity index (χ1) is 11.7. The fourth-order valence-corrected chi connectivity index (χ4v) is 3.08. The molecular formula is C21H24N2O. The first-order valence-corrected chi connectivity index (χ1v) is 8.53. The summed E-state index contributed by atoms with van der Waals surface area (Å²) in [5.41, 5.74) is 3.81. The second-order valence-corrected chi connectivity index (χ2v) is 6.28. The average Bonchev–Trinajstić information content (AvgIpc) is 2.64. The maximum Gasteiger partial charge on any atom is 0.234 e. The van der Waals surface area contributed by atoms with Crippen LogP contribution in [0.2, 0.25) is 0 Å². The number of rotatable bonds is 5. The van der Waals surface area contributed by atoms with Crippen molar-refractivity contribution in [3.63, 3.8) is 0 Å². The van der Waals surface area contributed by atoms with Crippen LogP contribution >= 0.6 is 0 Å². The lowest BCUT2D eigenvalue weighted by atomic mass is 9.99. The summed E-state index contributed by atoms with van der Waals surface area (Å²) in [6, 6.07) is 20.6. The Hall–Kier alpha value is -2.39. The van der Waals surface area contributed by atoms with Crippen LogP contribution in [0.15, 0.2) is 66.7 Å². The zero-order valence-corrected chi connectivity index (χ0v) is 14.1. The Balaban J connectivity index is 1.51. The summed E-state index contributed by atoms with van der Waals surface area (Å²) in [7, 11) is 0. The average molecular weight is 320 g/mol. The third-order valence-electron chi connectivity index (χ3n) is 4.48. The smallest absolute Gasteiger partial charge is 0.234 e. The third kappa shape index (κ3) is 4.33. The molecule has 0 aromatic heterocycles. The minimum absolute atomic E-state index is 0.0407. The zero-order valence-electron chi connectivity index (χ0n) is 14.1. The lowest BCUT2D eigenvalue weighted by molar-refractivity contribution is -0.122. The molecule has 0 saturated carbocycles. The standard InChI is InChI=1S/C21H24N2O/c1-17(18-8-4-2-5-9-18)22-21(24)16-23-14-12-20(13-15-23)19-10-6-3-7-11-19/h2-12,17H,13-16H2,1H3,(H,22,24)/t17-/m1/s1. The summed E-state index contributed by atoms with van der Waals surface area (Å²) in [5, 5.41) is 3.09. The largest absolute Gasteiger partial charge is 0.348 e. The number of benzene rings is 2. The molecule has 1 amide bonds. The number of nitrogens with one attached hydrogen (secondary N) is 1. The van der Waals surface area contributed by atoms with Gasteiger partial charge in [-0.15, -0.1) is 0 Å². The zero-order chi connectivity index (χ0) is 16.8. The quantitative estimate of drug-likeness (QED) is 0.912. The highest BCUT2D eigenvalue weighted by Gasteiger charge is 2.17. The summed E-state index contributed by atoms with van der Waals surface area (Å²) in [4.78, 5) is 14.5. The lowest BCUT2D eigenvalue weighted by Gasteiger charge is -2.26. The second-order valence-electron chi connectivity index (χ2n) is 6.28. The predicted octanol–water partition coefficient (Wildman–Crippen LogP) is 3.65. The minimum atomic E-state index is 0.0407. The Bertz CT molecular complexity index is 694. The topological polar surface area (TPSA) is 32.3 Å². The van der Waals surface area contributed by atoms with E-state index in [2.05, 4.69) is 40.6 Å². The molecule has 2 aromatic rings. The van der Waals surface area contributed by atoms with Crippen LogP contribution in [0.25, 0.3) is 5.57 Å². The van der Waals surface area contributed by atoms with Crippen LogP contribution in [-0.2, 0) is 4.79 Å². The first-order valence-electron chi connectivity index (χ1n) is 8.53.